The van der Waals surface area contributed by atoms with Crippen LogP contribution in [0.2, 0.25) is 10.0 Å². The van der Waals surface area contributed by atoms with Crippen molar-refractivity contribution in [2.24, 2.45) is 0 Å². The molecule has 58 heavy (non-hydrogen) atoms. The Kier molecular flexibility index (Phi) is 10.4. The van der Waals surface area contributed by atoms with Crippen molar-refractivity contribution in [2.45, 2.75) is 33.5 Å². The number of carbonyl (C=O) groups excluding carboxylic acids is 1. The summed E-state index contributed by atoms with van der Waals surface area (Å²) in [5.41, 5.74) is 16.0. The summed E-state index contributed by atoms with van der Waals surface area (Å²) in [6, 6.07) is 25.1. The fourth-order valence-electron chi connectivity index (χ4n) is 7.15. The fraction of sp³-hybridized carbons (Fsp3) is 0.114. The van der Waals surface area contributed by atoms with Crippen molar-refractivity contribution in [3.63, 3.8) is 0 Å². The first-order valence-electron chi connectivity index (χ1n) is 18.2. The predicted molar refractivity (Wildman–Crippen MR) is 227 cm³/mol. The van der Waals surface area contributed by atoms with Crippen LogP contribution in [0, 0.1) is 13.8 Å². The van der Waals surface area contributed by atoms with E-state index in [9.17, 15) is 14.7 Å². The Morgan fingerprint density at radius 1 is 0.724 bits per heavy atom. The van der Waals surface area contributed by atoms with Crippen molar-refractivity contribution < 1.29 is 14.7 Å². The van der Waals surface area contributed by atoms with E-state index < -0.39 is 5.97 Å². The summed E-state index contributed by atoms with van der Waals surface area (Å²) in [7, 11) is 0. The highest BCUT2D eigenvalue weighted by atomic mass is 35.5. The van der Waals surface area contributed by atoms with Gasteiger partial charge in [0.25, 0.3) is 5.91 Å². The number of nitrogens with one attached hydrogen (secondary N) is 1. The molecule has 0 unspecified atom stereocenters. The minimum atomic E-state index is -0.980. The Balaban J connectivity index is 0.000000172. The number of fused-ring (bicyclic) bond motifs is 4. The van der Waals surface area contributed by atoms with E-state index in [4.69, 9.17) is 28.9 Å². The zero-order valence-corrected chi connectivity index (χ0v) is 32.8. The van der Waals surface area contributed by atoms with Crippen LogP contribution in [-0.4, -0.2) is 51.0 Å². The number of aromatic nitrogens is 7. The van der Waals surface area contributed by atoms with Crippen LogP contribution in [-0.2, 0) is 19.6 Å². The molecule has 0 fully saturated rings. The molecule has 9 rings (SSSR count). The van der Waals surface area contributed by atoms with E-state index in [1.165, 1.54) is 0 Å². The summed E-state index contributed by atoms with van der Waals surface area (Å²) >= 11 is 12.1. The van der Waals surface area contributed by atoms with Gasteiger partial charge in [-0.15, -0.1) is 0 Å². The summed E-state index contributed by atoms with van der Waals surface area (Å²) < 4.78 is 3.93. The smallest absolute Gasteiger partial charge is 0.339 e. The Bertz CT molecular complexity index is 3030. The minimum Gasteiger partial charge on any atom is -0.478 e. The molecule has 288 valence electrons. The number of carboxylic acids is 1. The number of carbonyl (C=O) groups is 2. The van der Waals surface area contributed by atoms with Gasteiger partial charge in [-0.2, -0.15) is 0 Å². The average molecular weight is 809 g/mol. The number of nitrogen functional groups attached to an aromatic ring is 1. The number of anilines is 1. The summed E-state index contributed by atoms with van der Waals surface area (Å²) in [4.78, 5) is 46.2. The number of carboxylic acid groups (broad SMARTS) is 1. The van der Waals surface area contributed by atoms with Crippen LogP contribution in [0.1, 0.15) is 48.7 Å². The molecule has 0 aliphatic carbocycles. The lowest BCUT2D eigenvalue weighted by molar-refractivity contribution is 0.0698. The molecule has 7 heterocycles. The molecule has 9 aromatic rings. The van der Waals surface area contributed by atoms with Crippen molar-refractivity contribution in [3.05, 3.63) is 165 Å². The van der Waals surface area contributed by atoms with E-state index in [0.717, 1.165) is 60.8 Å². The van der Waals surface area contributed by atoms with Crippen LogP contribution in [0.3, 0.4) is 0 Å². The molecule has 4 N–H and O–H groups in total. The largest absolute Gasteiger partial charge is 0.478 e. The number of hydrogen-bond donors (Lipinski definition) is 3. The Labute approximate surface area is 341 Å². The topological polar surface area (TPSA) is 167 Å². The average Bonchev–Trinajstić information content (AvgIpc) is 3.76. The number of nitrogens with zero attached hydrogens (tertiary/aromatic N) is 7. The first kappa shape index (κ1) is 38.0. The maximum absolute atomic E-state index is 13.2. The van der Waals surface area contributed by atoms with Crippen molar-refractivity contribution in [3.8, 4) is 0 Å². The molecule has 7 aromatic heterocycles. The normalized spacial score (nSPS) is 11.2. The molecule has 0 saturated heterocycles. The number of halogens is 2. The van der Waals surface area contributed by atoms with Crippen LogP contribution in [0.15, 0.2) is 116 Å². The first-order chi connectivity index (χ1) is 28.0. The predicted octanol–water partition coefficient (Wildman–Crippen LogP) is 8.79. The maximum atomic E-state index is 13.2. The monoisotopic (exact) mass is 807 g/mol. The molecule has 0 bridgehead atoms. The van der Waals surface area contributed by atoms with Gasteiger partial charge in [-0.1, -0.05) is 35.3 Å². The molecule has 0 saturated carbocycles. The summed E-state index contributed by atoms with van der Waals surface area (Å²) in [6.07, 6.45) is 10.0. The quantitative estimate of drug-likeness (QED) is 0.136. The highest BCUT2D eigenvalue weighted by molar-refractivity contribution is 6.31. The number of rotatable bonds is 8. The van der Waals surface area contributed by atoms with Crippen molar-refractivity contribution in [2.75, 3.05) is 5.73 Å². The fourth-order valence-corrected chi connectivity index (χ4v) is 7.48. The van der Waals surface area contributed by atoms with Gasteiger partial charge in [-0.3, -0.25) is 24.7 Å². The van der Waals surface area contributed by atoms with Gasteiger partial charge < -0.3 is 25.3 Å². The van der Waals surface area contributed by atoms with E-state index in [1.807, 2.05) is 95.9 Å². The number of hydrogen-bond acceptors (Lipinski definition) is 8. The highest BCUT2D eigenvalue weighted by Crippen LogP contribution is 2.25. The molecule has 12 nitrogen and oxygen atoms in total. The Hall–Kier alpha value is -6.89. The number of amides is 1. The molecule has 2 aromatic carbocycles. The van der Waals surface area contributed by atoms with Gasteiger partial charge in [0.15, 0.2) is 0 Å². The summed E-state index contributed by atoms with van der Waals surface area (Å²) in [5.74, 6) is -0.691. The first-order valence-corrected chi connectivity index (χ1v) is 19.0. The Morgan fingerprint density at radius 2 is 1.26 bits per heavy atom. The second-order valence-corrected chi connectivity index (χ2v) is 14.7. The third-order valence-electron chi connectivity index (χ3n) is 9.88. The third kappa shape index (κ3) is 7.88. The molecular weight excluding hydrogens is 773 g/mol. The molecule has 0 aliphatic heterocycles. The number of pyridine rings is 5. The van der Waals surface area contributed by atoms with Gasteiger partial charge in [0.1, 0.15) is 22.4 Å². The highest BCUT2D eigenvalue weighted by Gasteiger charge is 2.18. The molecule has 0 atom stereocenters. The lowest BCUT2D eigenvalue weighted by atomic mass is 10.1. The molecule has 0 radical (unpaired) electrons. The van der Waals surface area contributed by atoms with Crippen molar-refractivity contribution >= 4 is 84.8 Å². The van der Waals surface area contributed by atoms with Gasteiger partial charge in [0.05, 0.1) is 37.7 Å². The van der Waals surface area contributed by atoms with Gasteiger partial charge >= 0.3 is 5.97 Å². The molecule has 0 spiro atoms. The van der Waals surface area contributed by atoms with Crippen LogP contribution >= 0.6 is 23.2 Å². The summed E-state index contributed by atoms with van der Waals surface area (Å²) in [6.45, 7) is 5.34. The van der Waals surface area contributed by atoms with E-state index in [1.54, 1.807) is 37.1 Å². The van der Waals surface area contributed by atoms with Crippen molar-refractivity contribution in [1.29, 1.82) is 0 Å². The van der Waals surface area contributed by atoms with Crippen LogP contribution in [0.4, 0.5) is 5.82 Å². The Morgan fingerprint density at radius 3 is 1.79 bits per heavy atom. The van der Waals surface area contributed by atoms with Gasteiger partial charge in [-0.25, -0.2) is 9.78 Å². The number of benzene rings is 2. The molecule has 0 aliphatic rings. The van der Waals surface area contributed by atoms with Crippen LogP contribution in [0.25, 0.3) is 43.9 Å². The van der Waals surface area contributed by atoms with Gasteiger partial charge in [0, 0.05) is 73.3 Å². The van der Waals surface area contributed by atoms with Crippen molar-refractivity contribution in [1.82, 2.24) is 39.4 Å². The third-order valence-corrected chi connectivity index (χ3v) is 10.3. The number of aryl methyl sites for hydroxylation is 2. The van der Waals surface area contributed by atoms with E-state index in [2.05, 4.69) is 36.3 Å². The SMILES string of the molecule is Cc1cc(N)nc(C)c1CNC(=O)c1cn(Cc2ccc3ncc(Cl)cc3c2)c2cccnc12.O=C(O)c1cn(Cc2ccc3ncc(Cl)cc3c2)c2cccnc12. The van der Waals surface area contributed by atoms with E-state index in [-0.39, 0.29) is 11.5 Å². The zero-order valence-electron chi connectivity index (χ0n) is 31.3. The second kappa shape index (κ2) is 15.9. The summed E-state index contributed by atoms with van der Waals surface area (Å²) in [5, 5.41) is 15.5. The number of nitrogens with two attached hydrogens (primary N) is 1. The zero-order chi connectivity index (χ0) is 40.5. The molecular formula is C44H35Cl2N9O3. The standard InChI is InChI=1S/C26H23ClN6O.C18H12ClN3O2/c1-15-8-24(28)32-16(2)20(15)12-31-26(34)21-14-33(23-4-3-7-29-25(21)23)13-17-5-6-22-18(9-17)10-19(27)11-30-22;19-13-7-12-6-11(3-4-15(12)21-8-13)9-22-10-14(18(23)24)17-16(22)2-1-5-20-17/h3-11,14H,12-13H2,1-2H3,(H2,28,32)(H,31,34);1-8,10H,9H2,(H,23,24). The molecule has 14 heteroatoms. The number of aromatic carboxylic acids is 1. The maximum Gasteiger partial charge on any atom is 0.339 e. The van der Waals surface area contributed by atoms with Gasteiger partial charge in [0.2, 0.25) is 0 Å². The second-order valence-electron chi connectivity index (χ2n) is 13.9. The molecule has 1 amide bonds. The van der Waals surface area contributed by atoms with Gasteiger partial charge in [-0.05, 0) is 103 Å². The van der Waals surface area contributed by atoms with Crippen LogP contribution < -0.4 is 11.1 Å². The van der Waals surface area contributed by atoms with Crippen LogP contribution in [0.5, 0.6) is 0 Å². The van der Waals surface area contributed by atoms with E-state index >= 15 is 0 Å². The minimum absolute atomic E-state index is 0.187. The lowest BCUT2D eigenvalue weighted by Crippen LogP contribution is -2.24. The lowest BCUT2D eigenvalue weighted by Gasteiger charge is -2.11. The van der Waals surface area contributed by atoms with E-state index in [0.29, 0.717) is 52.1 Å².